The molecule has 235 valence electrons. The van der Waals surface area contributed by atoms with Crippen molar-refractivity contribution in [2.45, 2.75) is 227 Å². The molecule has 1 radical (unpaired) electrons. The molecule has 39 heavy (non-hydrogen) atoms. The first-order valence-corrected chi connectivity index (χ1v) is 34.2. The summed E-state index contributed by atoms with van der Waals surface area (Å²) in [6.45, 7) is 14.5. The summed E-state index contributed by atoms with van der Waals surface area (Å²) in [7, 11) is 0. The number of rotatable bonds is 32. The molecule has 0 aliphatic rings. The summed E-state index contributed by atoms with van der Waals surface area (Å²) in [5.74, 6) is 2.30. The Morgan fingerprint density at radius 2 is 0.436 bits per heavy atom. The molecule has 0 aromatic heterocycles. The summed E-state index contributed by atoms with van der Waals surface area (Å²) in [5, 5.41) is 10.5. The second-order valence-corrected chi connectivity index (χ2v) is 48.8. The van der Waals surface area contributed by atoms with Crippen LogP contribution in [-0.2, 0) is 0 Å². The van der Waals surface area contributed by atoms with Crippen LogP contribution in [0.2, 0.25) is 31.5 Å². The third-order valence-corrected chi connectivity index (χ3v) is 70.5. The molecule has 0 saturated carbocycles. The Hall–Kier alpha value is 1.52. The molecule has 0 heterocycles. The van der Waals surface area contributed by atoms with Gasteiger partial charge in [-0.2, -0.15) is 0 Å². The van der Waals surface area contributed by atoms with Gasteiger partial charge >= 0.3 is 259 Å². The van der Waals surface area contributed by atoms with Crippen LogP contribution < -0.4 is 0 Å². The topological polar surface area (TPSA) is 0 Å². The predicted octanol–water partition coefficient (Wildman–Crippen LogP) is 15.3. The predicted molar refractivity (Wildman–Crippen MR) is 192 cm³/mol. The van der Waals surface area contributed by atoms with E-state index < -0.39 is 25.6 Å². The van der Waals surface area contributed by atoms with E-state index in [9.17, 15) is 0 Å². The van der Waals surface area contributed by atoms with Gasteiger partial charge in [0.05, 0.1) is 0 Å². The molecular formula is C36H78Ge2P. The molecule has 0 rings (SSSR count). The van der Waals surface area contributed by atoms with Crippen LogP contribution in [0.4, 0.5) is 0 Å². The van der Waals surface area contributed by atoms with Crippen LogP contribution in [0.1, 0.15) is 196 Å². The zero-order valence-corrected chi connectivity index (χ0v) is 33.8. The maximum atomic E-state index is 2.41. The average molecular weight is 687 g/mol. The quantitative estimate of drug-likeness (QED) is 0.0375. The van der Waals surface area contributed by atoms with E-state index in [4.69, 9.17) is 0 Å². The first kappa shape index (κ1) is 40.5. The molecule has 0 amide bonds. The van der Waals surface area contributed by atoms with Crippen molar-refractivity contribution in [3.8, 4) is 0 Å². The van der Waals surface area contributed by atoms with E-state index in [1.807, 2.05) is 0 Å². The molecule has 0 spiro atoms. The van der Waals surface area contributed by atoms with Gasteiger partial charge in [-0.05, 0) is 0 Å². The van der Waals surface area contributed by atoms with Gasteiger partial charge in [0.1, 0.15) is 0 Å². The fraction of sp³-hybridized carbons (Fsp3) is 1.00. The minimum atomic E-state index is -1.90. The van der Waals surface area contributed by atoms with Gasteiger partial charge in [-0.15, -0.1) is 0 Å². The second kappa shape index (κ2) is 29.6. The van der Waals surface area contributed by atoms with E-state index in [2.05, 4.69) is 47.3 Å². The van der Waals surface area contributed by atoms with Crippen molar-refractivity contribution in [3.05, 3.63) is 0 Å². The summed E-state index contributed by atoms with van der Waals surface area (Å²) >= 11 is -3.80. The summed E-state index contributed by atoms with van der Waals surface area (Å²) in [5.41, 5.74) is 0. The van der Waals surface area contributed by atoms with Crippen molar-refractivity contribution in [2.75, 3.05) is 0 Å². The number of unbranched alkanes of at least 4 members (excludes halogenated alkanes) is 18. The molecule has 0 aliphatic heterocycles. The van der Waals surface area contributed by atoms with Crippen molar-refractivity contribution < 1.29 is 0 Å². The first-order valence-electron chi connectivity index (χ1n) is 18.8. The first-order chi connectivity index (χ1) is 19.1. The molecule has 0 aromatic carbocycles. The van der Waals surface area contributed by atoms with E-state index in [1.165, 1.54) is 116 Å². The van der Waals surface area contributed by atoms with E-state index in [0.29, 0.717) is 0 Å². The van der Waals surface area contributed by atoms with Crippen LogP contribution in [0.15, 0.2) is 0 Å². The fourth-order valence-corrected chi connectivity index (χ4v) is 93.5. The van der Waals surface area contributed by atoms with Crippen LogP contribution in [0.5, 0.6) is 0 Å². The fourth-order valence-electron chi connectivity index (χ4n) is 6.87. The zero-order chi connectivity index (χ0) is 28.9. The number of hydrogen-bond donors (Lipinski definition) is 0. The summed E-state index contributed by atoms with van der Waals surface area (Å²) in [4.78, 5) is 0. The Balaban J connectivity index is 6.10. The summed E-state index contributed by atoms with van der Waals surface area (Å²) < 4.78 is 0. The van der Waals surface area contributed by atoms with Crippen molar-refractivity contribution in [3.63, 3.8) is 0 Å². The van der Waals surface area contributed by atoms with Gasteiger partial charge in [0.25, 0.3) is 0 Å². The standard InChI is InChI=1S/C36H78Ge2P/c1-7-13-19-25-31-37(32-26-20-14-8-2,33-27-21-15-9-3)39-38(34-28-22-16-10-4,35-29-23-17-11-5)36-30-24-18-12-6/h7-36H2,1-6H3. The molecule has 3 heteroatoms. The van der Waals surface area contributed by atoms with Gasteiger partial charge in [0.2, 0.25) is 0 Å². The van der Waals surface area contributed by atoms with Crippen LogP contribution >= 0.6 is 5.80 Å². The molecule has 0 N–H and O–H groups in total. The molecule has 0 aliphatic carbocycles. The summed E-state index contributed by atoms with van der Waals surface area (Å²) in [6.07, 6.45) is 36.1. The average Bonchev–Trinajstić information content (AvgIpc) is 2.94. The molecule has 0 fully saturated rings. The van der Waals surface area contributed by atoms with Gasteiger partial charge in [-0.25, -0.2) is 0 Å². The molecule has 0 nitrogen and oxygen atoms in total. The van der Waals surface area contributed by atoms with E-state index >= 15 is 0 Å². The Labute approximate surface area is 257 Å². The third kappa shape index (κ3) is 22.7. The Kier molecular flexibility index (Phi) is 30.7. The minimum absolute atomic E-state index is 1.40. The monoisotopic (exact) mass is 689 g/mol. The Bertz CT molecular complexity index is 376. The molecule has 0 aromatic rings. The number of hydrogen-bond acceptors (Lipinski definition) is 0. The normalized spacial score (nSPS) is 12.5. The third-order valence-electron chi connectivity index (χ3n) is 9.45. The maximum absolute atomic E-state index is 2.41. The van der Waals surface area contributed by atoms with Crippen molar-refractivity contribution in [1.82, 2.24) is 0 Å². The van der Waals surface area contributed by atoms with Crippen LogP contribution in [0.3, 0.4) is 0 Å². The van der Waals surface area contributed by atoms with E-state index in [0.717, 1.165) is 0 Å². The molecule has 0 unspecified atom stereocenters. The zero-order valence-electron chi connectivity index (χ0n) is 28.7. The molecular weight excluding hydrogens is 609 g/mol. The van der Waals surface area contributed by atoms with Crippen molar-refractivity contribution in [1.29, 1.82) is 0 Å². The van der Waals surface area contributed by atoms with E-state index in [1.54, 1.807) is 70.0 Å². The molecule has 0 atom stereocenters. The van der Waals surface area contributed by atoms with Crippen LogP contribution in [0, 0.1) is 0 Å². The van der Waals surface area contributed by atoms with Gasteiger partial charge < -0.3 is 0 Å². The van der Waals surface area contributed by atoms with Gasteiger partial charge in [-0.1, -0.05) is 0 Å². The van der Waals surface area contributed by atoms with Crippen molar-refractivity contribution in [2.24, 2.45) is 0 Å². The second-order valence-electron chi connectivity index (χ2n) is 13.4. The van der Waals surface area contributed by atoms with Crippen molar-refractivity contribution >= 4 is 31.4 Å². The van der Waals surface area contributed by atoms with Gasteiger partial charge in [-0.3, -0.25) is 0 Å². The molecule has 0 saturated heterocycles. The summed E-state index contributed by atoms with van der Waals surface area (Å²) in [6, 6.07) is 0. The van der Waals surface area contributed by atoms with Crippen LogP contribution in [-0.4, -0.2) is 25.6 Å². The Morgan fingerprint density at radius 3 is 0.590 bits per heavy atom. The Morgan fingerprint density at radius 1 is 0.256 bits per heavy atom. The SMILES string of the molecule is CCCCC[CH2][Ge]([CH2]CCCCC)([CH2]CCCCC)[P][Ge]([CH2]CCCCC)([CH2]CCCCC)[CH2]CCCCC. The van der Waals surface area contributed by atoms with Crippen LogP contribution in [0.25, 0.3) is 0 Å². The van der Waals surface area contributed by atoms with Gasteiger partial charge in [0, 0.05) is 0 Å². The van der Waals surface area contributed by atoms with Gasteiger partial charge in [0.15, 0.2) is 0 Å². The van der Waals surface area contributed by atoms with E-state index in [-0.39, 0.29) is 0 Å². The molecule has 0 bridgehead atoms.